The molecule has 1 spiro atoms. The number of hydrazone groups is 1. The number of carbonyl (C=O) groups excluding carboxylic acids is 1. The minimum absolute atomic E-state index is 0.312. The van der Waals surface area contributed by atoms with Crippen LogP contribution in [0, 0.1) is 33.5 Å². The molecule has 1 fully saturated rings. The van der Waals surface area contributed by atoms with Crippen molar-refractivity contribution in [1.82, 2.24) is 0 Å². The number of amides is 1. The zero-order chi connectivity index (χ0) is 17.7. The summed E-state index contributed by atoms with van der Waals surface area (Å²) < 4.78 is 0. The molecule has 1 unspecified atom stereocenters. The molecule has 0 saturated heterocycles. The van der Waals surface area contributed by atoms with Crippen LogP contribution in [0.15, 0.2) is 65.8 Å². The molecule has 2 aliphatic rings. The summed E-state index contributed by atoms with van der Waals surface area (Å²) >= 11 is 0. The molecule has 1 amide bonds. The van der Waals surface area contributed by atoms with Gasteiger partial charge in [-0.3, -0.25) is 4.79 Å². The number of nitrogens with zero attached hydrogens (tertiary/aromatic N) is 4. The van der Waals surface area contributed by atoms with Crippen LogP contribution in [0.1, 0.15) is 18.4 Å². The van der Waals surface area contributed by atoms with Crippen LogP contribution in [0.2, 0.25) is 0 Å². The Balaban J connectivity index is 1.87. The van der Waals surface area contributed by atoms with Crippen LogP contribution in [-0.2, 0) is 4.79 Å². The third-order valence-corrected chi connectivity index (χ3v) is 5.24. The number of rotatable bonds is 2. The first kappa shape index (κ1) is 15.1. The zero-order valence-electron chi connectivity index (χ0n) is 13.5. The summed E-state index contributed by atoms with van der Waals surface area (Å²) in [5, 5.41) is 25.4. The summed E-state index contributed by atoms with van der Waals surface area (Å²) in [6.45, 7) is 1.73. The zero-order valence-corrected chi connectivity index (χ0v) is 13.5. The summed E-state index contributed by atoms with van der Waals surface area (Å²) in [6, 6.07) is 22.6. The number of hydrogen-bond donors (Lipinski definition) is 0. The number of nitriles is 2. The SMILES string of the molecule is CC1=NN(c2ccccc2)C(=O)C12[C@H](c1ccccc1)C2(C#N)C#N. The van der Waals surface area contributed by atoms with Gasteiger partial charge in [0.25, 0.3) is 5.91 Å². The van der Waals surface area contributed by atoms with Crippen molar-refractivity contribution in [3.8, 4) is 12.1 Å². The Morgan fingerprint density at radius 3 is 2.12 bits per heavy atom. The Kier molecular flexibility index (Phi) is 3.04. The Labute approximate surface area is 145 Å². The van der Waals surface area contributed by atoms with Gasteiger partial charge in [0.1, 0.15) is 5.41 Å². The van der Waals surface area contributed by atoms with Crippen LogP contribution in [0.5, 0.6) is 0 Å². The second kappa shape index (κ2) is 5.03. The van der Waals surface area contributed by atoms with E-state index >= 15 is 0 Å². The van der Waals surface area contributed by atoms with E-state index in [0.717, 1.165) is 5.56 Å². The van der Waals surface area contributed by atoms with E-state index in [9.17, 15) is 15.3 Å². The fourth-order valence-electron chi connectivity index (χ4n) is 4.08. The van der Waals surface area contributed by atoms with Gasteiger partial charge in [-0.2, -0.15) is 20.6 Å². The van der Waals surface area contributed by atoms with E-state index in [1.165, 1.54) is 5.01 Å². The molecule has 1 aliphatic heterocycles. The summed E-state index contributed by atoms with van der Waals surface area (Å²) in [5.74, 6) is -0.825. The second-order valence-corrected chi connectivity index (χ2v) is 6.32. The van der Waals surface area contributed by atoms with Gasteiger partial charge < -0.3 is 0 Å². The first-order chi connectivity index (χ1) is 12.1. The fraction of sp³-hybridized carbons (Fsp3) is 0.200. The van der Waals surface area contributed by atoms with Crippen LogP contribution in [0.25, 0.3) is 0 Å². The van der Waals surface area contributed by atoms with E-state index < -0.39 is 16.7 Å². The molecule has 0 N–H and O–H groups in total. The van der Waals surface area contributed by atoms with Crippen molar-refractivity contribution < 1.29 is 4.79 Å². The van der Waals surface area contributed by atoms with Gasteiger partial charge in [-0.1, -0.05) is 48.5 Å². The first-order valence-corrected chi connectivity index (χ1v) is 7.96. The maximum absolute atomic E-state index is 13.3. The molecule has 4 rings (SSSR count). The van der Waals surface area contributed by atoms with Crippen LogP contribution in [-0.4, -0.2) is 11.6 Å². The van der Waals surface area contributed by atoms with Crippen molar-refractivity contribution in [2.75, 3.05) is 5.01 Å². The Bertz CT molecular complexity index is 954. The fourth-order valence-corrected chi connectivity index (χ4v) is 4.08. The van der Waals surface area contributed by atoms with Gasteiger partial charge in [0.2, 0.25) is 0 Å². The molecule has 0 radical (unpaired) electrons. The average molecular weight is 326 g/mol. The lowest BCUT2D eigenvalue weighted by Gasteiger charge is -2.14. The molecule has 25 heavy (non-hydrogen) atoms. The molecular formula is C20H14N4O. The molecule has 0 aromatic heterocycles. The van der Waals surface area contributed by atoms with E-state index in [1.54, 1.807) is 19.1 Å². The standard InChI is InChI=1S/C20H14N4O/c1-14-20(18(25)24(23-14)16-10-6-3-7-11-16)17(19(20,12-21)13-22)15-8-4-2-5-9-15/h2-11,17H,1H3/t17-,20?/m1/s1. The quantitative estimate of drug-likeness (QED) is 0.849. The van der Waals surface area contributed by atoms with Crippen molar-refractivity contribution in [3.63, 3.8) is 0 Å². The van der Waals surface area contributed by atoms with Crippen molar-refractivity contribution in [2.24, 2.45) is 15.9 Å². The van der Waals surface area contributed by atoms with Crippen LogP contribution < -0.4 is 5.01 Å². The molecule has 0 bridgehead atoms. The molecule has 5 heteroatoms. The number of benzene rings is 2. The average Bonchev–Trinajstić information content (AvgIpc) is 3.22. The van der Waals surface area contributed by atoms with E-state index in [4.69, 9.17) is 0 Å². The minimum Gasteiger partial charge on any atom is -0.271 e. The molecular weight excluding hydrogens is 312 g/mol. The van der Waals surface area contributed by atoms with E-state index in [2.05, 4.69) is 17.2 Å². The summed E-state index contributed by atoms with van der Waals surface area (Å²) in [7, 11) is 0. The van der Waals surface area contributed by atoms with Gasteiger partial charge in [-0.15, -0.1) is 0 Å². The summed E-state index contributed by atoms with van der Waals surface area (Å²) in [4.78, 5) is 13.3. The van der Waals surface area contributed by atoms with E-state index in [-0.39, 0.29) is 5.91 Å². The summed E-state index contributed by atoms with van der Waals surface area (Å²) in [6.07, 6.45) is 0. The summed E-state index contributed by atoms with van der Waals surface area (Å²) in [5.41, 5.74) is -0.690. The van der Waals surface area contributed by atoms with Gasteiger partial charge in [0.15, 0.2) is 5.41 Å². The van der Waals surface area contributed by atoms with Crippen LogP contribution in [0.3, 0.4) is 0 Å². The molecule has 1 heterocycles. The van der Waals surface area contributed by atoms with Gasteiger partial charge in [0.05, 0.1) is 23.5 Å². The Morgan fingerprint density at radius 2 is 1.56 bits per heavy atom. The van der Waals surface area contributed by atoms with Crippen molar-refractivity contribution in [2.45, 2.75) is 12.8 Å². The monoisotopic (exact) mass is 326 g/mol. The molecule has 120 valence electrons. The van der Waals surface area contributed by atoms with Crippen molar-refractivity contribution >= 4 is 17.3 Å². The molecule has 1 saturated carbocycles. The number of carbonyl (C=O) groups is 1. The van der Waals surface area contributed by atoms with Crippen LogP contribution >= 0.6 is 0 Å². The lowest BCUT2D eigenvalue weighted by atomic mass is 9.90. The molecule has 5 nitrogen and oxygen atoms in total. The largest absolute Gasteiger partial charge is 0.271 e. The highest BCUT2D eigenvalue weighted by Gasteiger charge is 2.87. The molecule has 2 aromatic rings. The molecule has 2 aromatic carbocycles. The predicted octanol–water partition coefficient (Wildman–Crippen LogP) is 3.23. The lowest BCUT2D eigenvalue weighted by Crippen LogP contribution is -2.32. The van der Waals surface area contributed by atoms with Crippen LogP contribution in [0.4, 0.5) is 5.69 Å². The van der Waals surface area contributed by atoms with E-state index in [0.29, 0.717) is 11.4 Å². The molecule has 2 atom stereocenters. The number of anilines is 1. The lowest BCUT2D eigenvalue weighted by molar-refractivity contribution is -0.121. The Hall–Kier alpha value is -3.44. The highest BCUT2D eigenvalue weighted by Crippen LogP contribution is 2.76. The maximum Gasteiger partial charge on any atom is 0.262 e. The Morgan fingerprint density at radius 1 is 1.00 bits per heavy atom. The van der Waals surface area contributed by atoms with Crippen molar-refractivity contribution in [3.05, 3.63) is 66.2 Å². The van der Waals surface area contributed by atoms with Crippen molar-refractivity contribution in [1.29, 1.82) is 10.5 Å². The topological polar surface area (TPSA) is 80.2 Å². The maximum atomic E-state index is 13.3. The van der Waals surface area contributed by atoms with Gasteiger partial charge >= 0.3 is 0 Å². The number of hydrogen-bond acceptors (Lipinski definition) is 4. The third-order valence-electron chi connectivity index (χ3n) is 5.24. The third kappa shape index (κ3) is 1.65. The second-order valence-electron chi connectivity index (χ2n) is 6.32. The van der Waals surface area contributed by atoms with Gasteiger partial charge in [0, 0.05) is 5.92 Å². The highest BCUT2D eigenvalue weighted by molar-refractivity contribution is 6.24. The van der Waals surface area contributed by atoms with Gasteiger partial charge in [-0.05, 0) is 24.6 Å². The smallest absolute Gasteiger partial charge is 0.262 e. The number of para-hydroxylation sites is 1. The normalized spacial score (nSPS) is 26.0. The van der Waals surface area contributed by atoms with E-state index in [1.807, 2.05) is 48.5 Å². The minimum atomic E-state index is -1.43. The predicted molar refractivity (Wildman–Crippen MR) is 92.3 cm³/mol. The highest BCUT2D eigenvalue weighted by atomic mass is 16.2. The first-order valence-electron chi connectivity index (χ1n) is 7.96. The molecule has 1 aliphatic carbocycles. The van der Waals surface area contributed by atoms with Gasteiger partial charge in [-0.25, -0.2) is 0 Å².